The van der Waals surface area contributed by atoms with Gasteiger partial charge < -0.3 is 10.2 Å². The van der Waals surface area contributed by atoms with E-state index in [0.717, 1.165) is 45.7 Å². The van der Waals surface area contributed by atoms with Crippen molar-refractivity contribution in [1.82, 2.24) is 30.1 Å². The summed E-state index contributed by atoms with van der Waals surface area (Å²) in [6.45, 7) is 6.51. The minimum atomic E-state index is 0.00469. The highest BCUT2D eigenvalue weighted by Crippen LogP contribution is 2.18. The Morgan fingerprint density at radius 3 is 3.00 bits per heavy atom. The van der Waals surface area contributed by atoms with E-state index in [1.165, 1.54) is 4.88 Å². The Hall–Kier alpha value is -1.77. The van der Waals surface area contributed by atoms with Crippen LogP contribution in [0.1, 0.15) is 21.8 Å². The molecule has 1 N–H and O–H groups in total. The number of hydrogen-bond acceptors (Lipinski definition) is 6. The zero-order chi connectivity index (χ0) is 16.4. The molecule has 2 aliphatic rings. The molecule has 2 fully saturated rings. The molecule has 0 aliphatic carbocycles. The summed E-state index contributed by atoms with van der Waals surface area (Å²) in [5.41, 5.74) is 0.451. The number of nitrogens with zero attached hydrogens (tertiary/aromatic N) is 5. The SMILES string of the molecule is O=C(c1cn(Cc2cccs2)nn1)N1CCC(N2CCNCC2)C1. The minimum absolute atomic E-state index is 0.00469. The molecular weight excluding hydrogens is 324 g/mol. The fourth-order valence-electron chi connectivity index (χ4n) is 3.47. The number of hydrogen-bond donors (Lipinski definition) is 1. The van der Waals surface area contributed by atoms with E-state index in [2.05, 4.69) is 26.6 Å². The molecule has 4 rings (SSSR count). The van der Waals surface area contributed by atoms with Crippen molar-refractivity contribution in [3.05, 3.63) is 34.3 Å². The van der Waals surface area contributed by atoms with Crippen molar-refractivity contribution in [2.45, 2.75) is 19.0 Å². The van der Waals surface area contributed by atoms with Crippen LogP contribution in [0.3, 0.4) is 0 Å². The second-order valence-electron chi connectivity index (χ2n) is 6.36. The maximum Gasteiger partial charge on any atom is 0.276 e. The Labute approximate surface area is 145 Å². The predicted molar refractivity (Wildman–Crippen MR) is 92.2 cm³/mol. The van der Waals surface area contributed by atoms with Crippen LogP contribution in [0.5, 0.6) is 0 Å². The number of amides is 1. The molecule has 4 heterocycles. The third-order valence-electron chi connectivity index (χ3n) is 4.77. The maximum absolute atomic E-state index is 12.7. The van der Waals surface area contributed by atoms with E-state index in [4.69, 9.17) is 0 Å². The standard InChI is InChI=1S/C16H22N6OS/c23-16(15-12-22(19-18-15)11-14-2-1-9-24-14)21-6-3-13(10-21)20-7-4-17-5-8-20/h1-2,9,12-13,17H,3-8,10-11H2. The molecule has 1 atom stereocenters. The number of piperazine rings is 1. The first kappa shape index (κ1) is 15.7. The number of aromatic nitrogens is 3. The van der Waals surface area contributed by atoms with Crippen molar-refractivity contribution in [3.8, 4) is 0 Å². The minimum Gasteiger partial charge on any atom is -0.336 e. The van der Waals surface area contributed by atoms with Crippen LogP contribution in [0.25, 0.3) is 0 Å². The lowest BCUT2D eigenvalue weighted by Gasteiger charge is -2.32. The van der Waals surface area contributed by atoms with Gasteiger partial charge in [0.05, 0.1) is 12.7 Å². The number of nitrogens with one attached hydrogen (secondary N) is 1. The summed E-state index contributed by atoms with van der Waals surface area (Å²) < 4.78 is 1.74. The molecular formula is C16H22N6OS. The Morgan fingerprint density at radius 1 is 1.33 bits per heavy atom. The second-order valence-corrected chi connectivity index (χ2v) is 7.39. The van der Waals surface area contributed by atoms with E-state index in [-0.39, 0.29) is 5.91 Å². The van der Waals surface area contributed by atoms with Crippen LogP contribution in [0, 0.1) is 0 Å². The Kier molecular flexibility index (Phi) is 4.59. The molecule has 2 aromatic heterocycles. The molecule has 1 amide bonds. The van der Waals surface area contributed by atoms with Crippen LogP contribution in [0.15, 0.2) is 23.7 Å². The fourth-order valence-corrected chi connectivity index (χ4v) is 4.17. The Balaban J connectivity index is 1.36. The summed E-state index contributed by atoms with van der Waals surface area (Å²) in [6.07, 6.45) is 2.81. The molecule has 0 saturated carbocycles. The highest BCUT2D eigenvalue weighted by molar-refractivity contribution is 7.09. The van der Waals surface area contributed by atoms with Gasteiger partial charge in [0.1, 0.15) is 0 Å². The first-order valence-corrected chi connectivity index (χ1v) is 9.34. The molecule has 0 radical (unpaired) electrons. The van der Waals surface area contributed by atoms with Gasteiger partial charge in [-0.25, -0.2) is 4.68 Å². The Morgan fingerprint density at radius 2 is 2.21 bits per heavy atom. The van der Waals surface area contributed by atoms with Gasteiger partial charge >= 0.3 is 0 Å². The number of rotatable bonds is 4. The predicted octanol–water partition coefficient (Wildman–Crippen LogP) is 0.508. The van der Waals surface area contributed by atoms with E-state index >= 15 is 0 Å². The fraction of sp³-hybridized carbons (Fsp3) is 0.562. The van der Waals surface area contributed by atoms with Gasteiger partial charge in [0.15, 0.2) is 5.69 Å². The van der Waals surface area contributed by atoms with Crippen LogP contribution in [-0.4, -0.2) is 76.0 Å². The molecule has 8 heteroatoms. The second kappa shape index (κ2) is 7.00. The average molecular weight is 346 g/mol. The molecule has 2 aliphatic heterocycles. The van der Waals surface area contributed by atoms with Crippen molar-refractivity contribution in [1.29, 1.82) is 0 Å². The van der Waals surface area contributed by atoms with Crippen LogP contribution in [-0.2, 0) is 6.54 Å². The van der Waals surface area contributed by atoms with E-state index < -0.39 is 0 Å². The van der Waals surface area contributed by atoms with E-state index in [9.17, 15) is 4.79 Å². The van der Waals surface area contributed by atoms with Gasteiger partial charge in [-0.3, -0.25) is 9.69 Å². The quantitative estimate of drug-likeness (QED) is 0.874. The zero-order valence-electron chi connectivity index (χ0n) is 13.6. The van der Waals surface area contributed by atoms with Gasteiger partial charge in [-0.2, -0.15) is 0 Å². The first-order chi connectivity index (χ1) is 11.8. The highest BCUT2D eigenvalue weighted by atomic mass is 32.1. The van der Waals surface area contributed by atoms with Gasteiger partial charge in [0, 0.05) is 50.2 Å². The molecule has 2 aromatic rings. The summed E-state index contributed by atoms with van der Waals surface area (Å²) in [6, 6.07) is 4.56. The van der Waals surface area contributed by atoms with E-state index in [0.29, 0.717) is 18.3 Å². The van der Waals surface area contributed by atoms with Crippen molar-refractivity contribution < 1.29 is 4.79 Å². The molecule has 128 valence electrons. The Bertz CT molecular complexity index is 679. The normalized spacial score (nSPS) is 22.2. The topological polar surface area (TPSA) is 66.3 Å². The van der Waals surface area contributed by atoms with Crippen LogP contribution in [0.4, 0.5) is 0 Å². The summed E-state index contributed by atoms with van der Waals surface area (Å²) in [5.74, 6) is 0.00469. The van der Waals surface area contributed by atoms with Gasteiger partial charge in [0.2, 0.25) is 0 Å². The summed E-state index contributed by atoms with van der Waals surface area (Å²) in [7, 11) is 0. The van der Waals surface area contributed by atoms with E-state index in [1.807, 2.05) is 16.3 Å². The molecule has 0 spiro atoms. The monoisotopic (exact) mass is 346 g/mol. The third kappa shape index (κ3) is 3.35. The van der Waals surface area contributed by atoms with Crippen LogP contribution in [0.2, 0.25) is 0 Å². The van der Waals surface area contributed by atoms with Gasteiger partial charge in [-0.15, -0.1) is 16.4 Å². The summed E-state index contributed by atoms with van der Waals surface area (Å²) in [4.78, 5) is 18.3. The number of likely N-dealkylation sites (tertiary alicyclic amines) is 1. The van der Waals surface area contributed by atoms with E-state index in [1.54, 1.807) is 22.2 Å². The van der Waals surface area contributed by atoms with Crippen molar-refractivity contribution >= 4 is 17.2 Å². The molecule has 7 nitrogen and oxygen atoms in total. The zero-order valence-corrected chi connectivity index (χ0v) is 14.4. The lowest BCUT2D eigenvalue weighted by Crippen LogP contribution is -2.49. The van der Waals surface area contributed by atoms with Gasteiger partial charge in [-0.1, -0.05) is 11.3 Å². The van der Waals surface area contributed by atoms with Crippen molar-refractivity contribution in [3.63, 3.8) is 0 Å². The van der Waals surface area contributed by atoms with Gasteiger partial charge in [-0.05, 0) is 17.9 Å². The third-order valence-corrected chi connectivity index (χ3v) is 5.64. The number of thiophene rings is 1. The number of carbonyl (C=O) groups is 1. The maximum atomic E-state index is 12.7. The summed E-state index contributed by atoms with van der Waals surface area (Å²) >= 11 is 1.68. The highest BCUT2D eigenvalue weighted by Gasteiger charge is 2.32. The first-order valence-electron chi connectivity index (χ1n) is 8.46. The molecule has 2 saturated heterocycles. The lowest BCUT2D eigenvalue weighted by molar-refractivity contribution is 0.0767. The largest absolute Gasteiger partial charge is 0.336 e. The summed E-state index contributed by atoms with van der Waals surface area (Å²) in [5, 5.41) is 13.6. The smallest absolute Gasteiger partial charge is 0.276 e. The molecule has 24 heavy (non-hydrogen) atoms. The average Bonchev–Trinajstić information content (AvgIpc) is 3.37. The van der Waals surface area contributed by atoms with Crippen LogP contribution >= 0.6 is 11.3 Å². The van der Waals surface area contributed by atoms with Crippen molar-refractivity contribution in [2.75, 3.05) is 39.3 Å². The van der Waals surface area contributed by atoms with Crippen LogP contribution < -0.4 is 5.32 Å². The molecule has 0 aromatic carbocycles. The van der Waals surface area contributed by atoms with Gasteiger partial charge in [0.25, 0.3) is 5.91 Å². The molecule has 1 unspecified atom stereocenters. The van der Waals surface area contributed by atoms with Crippen molar-refractivity contribution in [2.24, 2.45) is 0 Å². The number of carbonyl (C=O) groups excluding carboxylic acids is 1. The molecule has 0 bridgehead atoms. The lowest BCUT2D eigenvalue weighted by atomic mass is 10.2.